The Morgan fingerprint density at radius 3 is 2.53 bits per heavy atom. The number of hydrogen-bond donors (Lipinski definition) is 1. The average Bonchev–Trinajstić information content (AvgIpc) is 2.16. The van der Waals surface area contributed by atoms with Crippen molar-refractivity contribution < 1.29 is 14.3 Å². The van der Waals surface area contributed by atoms with Crippen molar-refractivity contribution in [2.45, 2.75) is 0 Å². The molecule has 1 N–H and O–H groups in total. The van der Waals surface area contributed by atoms with E-state index in [0.29, 0.717) is 0 Å². The lowest BCUT2D eigenvalue weighted by molar-refractivity contribution is 0.0999. The molecule has 0 saturated heterocycles. The molecule has 0 spiro atoms. The Bertz CT molecular complexity index is 399. The van der Waals surface area contributed by atoms with Crippen LogP contribution in [0.1, 0.15) is 10.4 Å². The molecule has 15 heavy (non-hydrogen) atoms. The maximum Gasteiger partial charge on any atom is 0.226 e. The molecular formula is C11H12FNO2. The summed E-state index contributed by atoms with van der Waals surface area (Å²) in [6.07, 6.45) is 1.06. The van der Waals surface area contributed by atoms with Crippen molar-refractivity contribution in [3.63, 3.8) is 0 Å². The molecule has 3 nitrogen and oxygen atoms in total. The fraction of sp³-hybridized carbons (Fsp3) is 0.182. The van der Waals surface area contributed by atoms with E-state index in [4.69, 9.17) is 0 Å². The molecule has 0 aliphatic rings. The molecule has 0 saturated carbocycles. The van der Waals surface area contributed by atoms with Crippen LogP contribution < -0.4 is 0 Å². The predicted molar refractivity (Wildman–Crippen MR) is 55.3 cm³/mol. The smallest absolute Gasteiger partial charge is 0.226 e. The van der Waals surface area contributed by atoms with Crippen LogP contribution in [0, 0.1) is 0 Å². The molecule has 0 bridgehead atoms. The van der Waals surface area contributed by atoms with Crippen LogP contribution in [0.15, 0.2) is 36.3 Å². The van der Waals surface area contributed by atoms with Gasteiger partial charge in [0.15, 0.2) is 5.83 Å². The van der Waals surface area contributed by atoms with Gasteiger partial charge in [0, 0.05) is 20.3 Å². The number of allylic oxidation sites excluding steroid dienone is 1. The first-order valence-electron chi connectivity index (χ1n) is 4.39. The fourth-order valence-corrected chi connectivity index (χ4v) is 1.08. The van der Waals surface area contributed by atoms with E-state index in [9.17, 15) is 14.3 Å². The summed E-state index contributed by atoms with van der Waals surface area (Å²) in [4.78, 5) is 12.9. The first-order valence-corrected chi connectivity index (χ1v) is 4.39. The largest absolute Gasteiger partial charge is 0.507 e. The highest BCUT2D eigenvalue weighted by Crippen LogP contribution is 2.19. The monoisotopic (exact) mass is 209 g/mol. The zero-order chi connectivity index (χ0) is 11.4. The Balaban J connectivity index is 3.01. The van der Waals surface area contributed by atoms with Crippen molar-refractivity contribution in [2.75, 3.05) is 14.1 Å². The molecule has 80 valence electrons. The molecule has 0 radical (unpaired) electrons. The molecule has 0 fully saturated rings. The summed E-state index contributed by atoms with van der Waals surface area (Å²) in [6, 6.07) is 5.85. The molecule has 1 rings (SSSR count). The van der Waals surface area contributed by atoms with E-state index < -0.39 is 11.6 Å². The number of rotatable bonds is 3. The third-order valence-electron chi connectivity index (χ3n) is 1.74. The molecule has 0 atom stereocenters. The van der Waals surface area contributed by atoms with Gasteiger partial charge in [-0.05, 0) is 12.1 Å². The number of carbonyl (C=O) groups excluding carboxylic acids is 1. The van der Waals surface area contributed by atoms with Gasteiger partial charge < -0.3 is 10.0 Å². The highest BCUT2D eigenvalue weighted by atomic mass is 19.1. The van der Waals surface area contributed by atoms with Crippen LogP contribution in [-0.4, -0.2) is 29.9 Å². The molecule has 0 unspecified atom stereocenters. The molecule has 0 amide bonds. The second-order valence-electron chi connectivity index (χ2n) is 3.29. The van der Waals surface area contributed by atoms with Crippen LogP contribution in [0.25, 0.3) is 0 Å². The number of hydrogen-bond acceptors (Lipinski definition) is 3. The van der Waals surface area contributed by atoms with Crippen molar-refractivity contribution >= 4 is 5.78 Å². The van der Waals surface area contributed by atoms with Gasteiger partial charge in [0.2, 0.25) is 5.78 Å². The highest BCUT2D eigenvalue weighted by Gasteiger charge is 2.15. The van der Waals surface area contributed by atoms with Gasteiger partial charge in [-0.3, -0.25) is 4.79 Å². The van der Waals surface area contributed by atoms with Crippen molar-refractivity contribution in [3.8, 4) is 5.75 Å². The van der Waals surface area contributed by atoms with Gasteiger partial charge in [-0.2, -0.15) is 0 Å². The Kier molecular flexibility index (Phi) is 3.44. The first kappa shape index (κ1) is 11.2. The van der Waals surface area contributed by atoms with E-state index in [-0.39, 0.29) is 11.3 Å². The molecule has 0 aliphatic heterocycles. The summed E-state index contributed by atoms with van der Waals surface area (Å²) in [5.74, 6) is -1.94. The van der Waals surface area contributed by atoms with Crippen LogP contribution >= 0.6 is 0 Å². The van der Waals surface area contributed by atoms with E-state index in [2.05, 4.69) is 0 Å². The quantitative estimate of drug-likeness (QED) is 0.611. The minimum Gasteiger partial charge on any atom is -0.507 e. The van der Waals surface area contributed by atoms with E-state index in [0.717, 1.165) is 6.20 Å². The summed E-state index contributed by atoms with van der Waals surface area (Å²) >= 11 is 0. The fourth-order valence-electron chi connectivity index (χ4n) is 1.08. The predicted octanol–water partition coefficient (Wildman–Crippen LogP) is 1.95. The number of ketones is 1. The zero-order valence-electron chi connectivity index (χ0n) is 8.57. The van der Waals surface area contributed by atoms with Gasteiger partial charge in [-0.15, -0.1) is 0 Å². The summed E-state index contributed by atoms with van der Waals surface area (Å²) in [7, 11) is 3.22. The SMILES string of the molecule is CN(C)/C=C(\F)C(=O)c1ccccc1O. The number of para-hydroxylation sites is 1. The highest BCUT2D eigenvalue weighted by molar-refractivity contribution is 6.08. The molecule has 0 heterocycles. The Morgan fingerprint density at radius 2 is 2.00 bits per heavy atom. The molecule has 1 aromatic carbocycles. The maximum atomic E-state index is 13.3. The summed E-state index contributed by atoms with van der Waals surface area (Å²) in [5, 5.41) is 9.34. The van der Waals surface area contributed by atoms with E-state index in [1.54, 1.807) is 26.2 Å². The molecular weight excluding hydrogens is 197 g/mol. The van der Waals surface area contributed by atoms with Crippen molar-refractivity contribution in [1.82, 2.24) is 4.90 Å². The summed E-state index contributed by atoms with van der Waals surface area (Å²) in [5.41, 5.74) is -0.0342. The molecule has 4 heteroatoms. The van der Waals surface area contributed by atoms with E-state index >= 15 is 0 Å². The number of benzene rings is 1. The zero-order valence-corrected chi connectivity index (χ0v) is 8.57. The Hall–Kier alpha value is -1.84. The van der Waals surface area contributed by atoms with Gasteiger partial charge >= 0.3 is 0 Å². The second-order valence-corrected chi connectivity index (χ2v) is 3.29. The van der Waals surface area contributed by atoms with Gasteiger partial charge in [0.1, 0.15) is 5.75 Å². The number of nitrogens with zero attached hydrogens (tertiary/aromatic N) is 1. The van der Waals surface area contributed by atoms with Crippen LogP contribution in [0.2, 0.25) is 0 Å². The Labute approximate surface area is 87.4 Å². The van der Waals surface area contributed by atoms with Crippen molar-refractivity contribution in [3.05, 3.63) is 41.9 Å². The number of Topliss-reactive ketones (excluding diaryl/α,β-unsaturated/α-hetero) is 1. The summed E-state index contributed by atoms with van der Waals surface area (Å²) < 4.78 is 13.3. The van der Waals surface area contributed by atoms with Crippen molar-refractivity contribution in [1.29, 1.82) is 0 Å². The number of halogens is 1. The maximum absolute atomic E-state index is 13.3. The molecule has 1 aromatic rings. The van der Waals surface area contributed by atoms with E-state index in [1.165, 1.54) is 17.0 Å². The van der Waals surface area contributed by atoms with E-state index in [1.807, 2.05) is 0 Å². The van der Waals surface area contributed by atoms with Crippen LogP contribution in [0.4, 0.5) is 4.39 Å². The second kappa shape index (κ2) is 4.59. The van der Waals surface area contributed by atoms with Gasteiger partial charge in [0.25, 0.3) is 0 Å². The van der Waals surface area contributed by atoms with Gasteiger partial charge in [-0.25, -0.2) is 4.39 Å². The number of aromatic hydroxyl groups is 1. The van der Waals surface area contributed by atoms with Gasteiger partial charge in [0.05, 0.1) is 5.56 Å². The molecule has 0 aromatic heterocycles. The first-order chi connectivity index (χ1) is 7.02. The average molecular weight is 209 g/mol. The van der Waals surface area contributed by atoms with Crippen LogP contribution in [0.3, 0.4) is 0 Å². The lowest BCUT2D eigenvalue weighted by Gasteiger charge is -2.05. The van der Waals surface area contributed by atoms with Gasteiger partial charge in [-0.1, -0.05) is 12.1 Å². The van der Waals surface area contributed by atoms with Crippen LogP contribution in [0.5, 0.6) is 5.75 Å². The minimum atomic E-state index is -0.901. The third-order valence-corrected chi connectivity index (χ3v) is 1.74. The summed E-state index contributed by atoms with van der Waals surface area (Å²) in [6.45, 7) is 0. The lowest BCUT2D eigenvalue weighted by Crippen LogP contribution is -2.07. The number of phenols is 1. The minimum absolute atomic E-state index is 0.0342. The normalized spacial score (nSPS) is 11.3. The van der Waals surface area contributed by atoms with Crippen molar-refractivity contribution in [2.24, 2.45) is 0 Å². The third kappa shape index (κ3) is 2.80. The lowest BCUT2D eigenvalue weighted by atomic mass is 10.1. The Morgan fingerprint density at radius 1 is 1.40 bits per heavy atom. The molecule has 0 aliphatic carbocycles. The standard InChI is InChI=1S/C11H12FNO2/c1-13(2)7-9(12)11(15)8-5-3-4-6-10(8)14/h3-7,14H,1-2H3/b9-7-. The number of phenolic OH excluding ortho intramolecular Hbond substituents is 1. The number of carbonyl (C=O) groups is 1. The van der Waals surface area contributed by atoms with Crippen LogP contribution in [-0.2, 0) is 0 Å². The topological polar surface area (TPSA) is 40.5 Å².